The predicted molar refractivity (Wildman–Crippen MR) is 87.9 cm³/mol. The predicted octanol–water partition coefficient (Wildman–Crippen LogP) is 4.37. The van der Waals surface area contributed by atoms with Crippen molar-refractivity contribution < 1.29 is 5.11 Å². The molecule has 0 fully saturated rings. The number of aromatic hydroxyl groups is 1. The van der Waals surface area contributed by atoms with Crippen LogP contribution in [0.25, 0.3) is 33.0 Å². The number of terminal acetylenes is 1. The number of H-pyrrole nitrogens is 1. The second kappa shape index (κ2) is 5.98. The number of rotatable bonds is 3. The zero-order valence-electron chi connectivity index (χ0n) is 11.9. The Kier molecular flexibility index (Phi) is 3.71. The third-order valence-electron chi connectivity index (χ3n) is 3.36. The Morgan fingerprint density at radius 2 is 1.96 bits per heavy atom. The van der Waals surface area contributed by atoms with Gasteiger partial charge in [-0.05, 0) is 35.4 Å². The van der Waals surface area contributed by atoms with Crippen molar-refractivity contribution >= 4 is 5.69 Å². The van der Waals surface area contributed by atoms with Gasteiger partial charge in [0.25, 0.3) is 0 Å². The van der Waals surface area contributed by atoms with Gasteiger partial charge in [0.15, 0.2) is 0 Å². The molecule has 0 aliphatic heterocycles. The van der Waals surface area contributed by atoms with Gasteiger partial charge in [-0.3, -0.25) is 5.10 Å². The Morgan fingerprint density at radius 3 is 2.61 bits per heavy atom. The van der Waals surface area contributed by atoms with E-state index in [1.807, 2.05) is 18.2 Å². The quantitative estimate of drug-likeness (QED) is 0.325. The van der Waals surface area contributed by atoms with Gasteiger partial charge in [0.1, 0.15) is 5.75 Å². The van der Waals surface area contributed by atoms with E-state index in [0.29, 0.717) is 22.5 Å². The SMILES string of the molecule is C#Cc1ccc(-c2cc(-c3ccc(N=[N+]=[N-])cc3)[nH]n2)c(O)c1. The van der Waals surface area contributed by atoms with Gasteiger partial charge in [-0.1, -0.05) is 35.3 Å². The van der Waals surface area contributed by atoms with Gasteiger partial charge in [-0.25, -0.2) is 0 Å². The Labute approximate surface area is 132 Å². The van der Waals surface area contributed by atoms with Crippen LogP contribution in [0.1, 0.15) is 5.56 Å². The molecule has 6 heteroatoms. The van der Waals surface area contributed by atoms with Crippen molar-refractivity contribution in [1.29, 1.82) is 0 Å². The summed E-state index contributed by atoms with van der Waals surface area (Å²) in [6.45, 7) is 0. The molecule has 0 unspecified atom stereocenters. The van der Waals surface area contributed by atoms with Gasteiger partial charge in [0.05, 0.1) is 11.4 Å². The van der Waals surface area contributed by atoms with Crippen molar-refractivity contribution in [3.63, 3.8) is 0 Å². The molecule has 0 radical (unpaired) electrons. The lowest BCUT2D eigenvalue weighted by Crippen LogP contribution is -1.81. The number of hydrogen-bond donors (Lipinski definition) is 2. The number of nitrogens with zero attached hydrogens (tertiary/aromatic N) is 4. The molecule has 0 aliphatic rings. The van der Waals surface area contributed by atoms with Crippen LogP contribution in [0.15, 0.2) is 53.6 Å². The van der Waals surface area contributed by atoms with Crippen LogP contribution in [0.2, 0.25) is 0 Å². The summed E-state index contributed by atoms with van der Waals surface area (Å²) in [5.41, 5.74) is 12.4. The highest BCUT2D eigenvalue weighted by atomic mass is 16.3. The Hall–Kier alpha value is -3.68. The minimum atomic E-state index is 0.0807. The molecule has 3 rings (SSSR count). The van der Waals surface area contributed by atoms with Gasteiger partial charge in [-0.2, -0.15) is 5.10 Å². The second-order valence-electron chi connectivity index (χ2n) is 4.78. The lowest BCUT2D eigenvalue weighted by Gasteiger charge is -2.01. The first kappa shape index (κ1) is 14.3. The van der Waals surface area contributed by atoms with Crippen LogP contribution >= 0.6 is 0 Å². The van der Waals surface area contributed by atoms with Crippen molar-refractivity contribution in [3.05, 3.63) is 64.5 Å². The monoisotopic (exact) mass is 301 g/mol. The molecule has 0 aliphatic carbocycles. The molecular formula is C17H11N5O. The fraction of sp³-hybridized carbons (Fsp3) is 0. The summed E-state index contributed by atoms with van der Waals surface area (Å²) >= 11 is 0. The Morgan fingerprint density at radius 1 is 1.17 bits per heavy atom. The van der Waals surface area contributed by atoms with Crippen LogP contribution in [-0.2, 0) is 0 Å². The topological polar surface area (TPSA) is 97.7 Å². The molecular weight excluding hydrogens is 290 g/mol. The summed E-state index contributed by atoms with van der Waals surface area (Å²) in [5.74, 6) is 2.55. The minimum Gasteiger partial charge on any atom is -0.507 e. The standard InChI is InChI=1S/C17H11N5O/c1-2-11-3-8-14(17(23)9-11)16-10-15(20-21-16)12-4-6-13(7-5-12)19-22-18/h1,3-10,23H,(H,20,21). The summed E-state index contributed by atoms with van der Waals surface area (Å²) in [6, 6.07) is 13.9. The van der Waals surface area contributed by atoms with Crippen LogP contribution in [0.5, 0.6) is 5.75 Å². The largest absolute Gasteiger partial charge is 0.507 e. The molecule has 1 aromatic heterocycles. The van der Waals surface area contributed by atoms with Crippen LogP contribution in [-0.4, -0.2) is 15.3 Å². The van der Waals surface area contributed by atoms with Gasteiger partial charge < -0.3 is 5.11 Å². The zero-order chi connectivity index (χ0) is 16.2. The van der Waals surface area contributed by atoms with E-state index in [0.717, 1.165) is 11.3 Å². The average Bonchev–Trinajstić information content (AvgIpc) is 3.05. The Bertz CT molecular complexity index is 944. The smallest absolute Gasteiger partial charge is 0.126 e. The van der Waals surface area contributed by atoms with E-state index >= 15 is 0 Å². The first-order chi connectivity index (χ1) is 11.2. The lowest BCUT2D eigenvalue weighted by molar-refractivity contribution is 0.477. The maximum Gasteiger partial charge on any atom is 0.126 e. The number of azide groups is 1. The number of hydrogen-bond acceptors (Lipinski definition) is 3. The number of aromatic nitrogens is 2. The van der Waals surface area contributed by atoms with Crippen LogP contribution < -0.4 is 0 Å². The molecule has 2 aromatic carbocycles. The van der Waals surface area contributed by atoms with Crippen LogP contribution in [0, 0.1) is 12.3 Å². The highest BCUT2D eigenvalue weighted by molar-refractivity contribution is 5.73. The minimum absolute atomic E-state index is 0.0807. The fourth-order valence-corrected chi connectivity index (χ4v) is 2.20. The van der Waals surface area contributed by atoms with Crippen LogP contribution in [0.3, 0.4) is 0 Å². The molecule has 0 spiro atoms. The number of benzene rings is 2. The molecule has 0 atom stereocenters. The van der Waals surface area contributed by atoms with Crippen LogP contribution in [0.4, 0.5) is 5.69 Å². The summed E-state index contributed by atoms with van der Waals surface area (Å²) in [5, 5.41) is 20.7. The van der Waals surface area contributed by atoms with Crippen molar-refractivity contribution in [2.75, 3.05) is 0 Å². The maximum atomic E-state index is 10.1. The van der Waals surface area contributed by atoms with Crippen molar-refractivity contribution in [1.82, 2.24) is 10.2 Å². The number of phenolic OH excluding ortho intramolecular Hbond substituents is 1. The van der Waals surface area contributed by atoms with Crippen molar-refractivity contribution in [2.45, 2.75) is 0 Å². The molecule has 23 heavy (non-hydrogen) atoms. The lowest BCUT2D eigenvalue weighted by atomic mass is 10.1. The third-order valence-corrected chi connectivity index (χ3v) is 3.36. The van der Waals surface area contributed by atoms with E-state index < -0.39 is 0 Å². The van der Waals surface area contributed by atoms with Crippen molar-refractivity contribution in [2.24, 2.45) is 5.11 Å². The highest BCUT2D eigenvalue weighted by Gasteiger charge is 2.10. The number of aromatic amines is 1. The molecule has 0 saturated heterocycles. The second-order valence-corrected chi connectivity index (χ2v) is 4.78. The van der Waals surface area contributed by atoms with Gasteiger partial charge in [0, 0.05) is 21.7 Å². The normalized spacial score (nSPS) is 9.87. The Balaban J connectivity index is 1.94. The number of nitrogens with one attached hydrogen (secondary N) is 1. The molecule has 0 bridgehead atoms. The molecule has 0 amide bonds. The molecule has 0 saturated carbocycles. The van der Waals surface area contributed by atoms with Gasteiger partial charge in [0.2, 0.25) is 0 Å². The van der Waals surface area contributed by atoms with E-state index in [2.05, 4.69) is 26.1 Å². The zero-order valence-corrected chi connectivity index (χ0v) is 11.9. The van der Waals surface area contributed by atoms with E-state index in [-0.39, 0.29) is 5.75 Å². The van der Waals surface area contributed by atoms with Gasteiger partial charge in [-0.15, -0.1) is 6.42 Å². The van der Waals surface area contributed by atoms with E-state index in [9.17, 15) is 5.11 Å². The summed E-state index contributed by atoms with van der Waals surface area (Å²) in [4.78, 5) is 2.74. The molecule has 1 heterocycles. The summed E-state index contributed by atoms with van der Waals surface area (Å²) in [6.07, 6.45) is 5.31. The number of phenols is 1. The van der Waals surface area contributed by atoms with Crippen molar-refractivity contribution in [3.8, 4) is 40.6 Å². The molecule has 3 aromatic rings. The molecule has 110 valence electrons. The first-order valence-electron chi connectivity index (χ1n) is 6.72. The highest BCUT2D eigenvalue weighted by Crippen LogP contribution is 2.31. The molecule has 6 nitrogen and oxygen atoms in total. The first-order valence-corrected chi connectivity index (χ1v) is 6.72. The van der Waals surface area contributed by atoms with E-state index in [1.165, 1.54) is 6.07 Å². The summed E-state index contributed by atoms with van der Waals surface area (Å²) in [7, 11) is 0. The molecule has 2 N–H and O–H groups in total. The van der Waals surface area contributed by atoms with Gasteiger partial charge >= 0.3 is 0 Å². The average molecular weight is 301 g/mol. The maximum absolute atomic E-state index is 10.1. The summed E-state index contributed by atoms with van der Waals surface area (Å²) < 4.78 is 0. The van der Waals surface area contributed by atoms with E-state index in [1.54, 1.807) is 24.3 Å². The van der Waals surface area contributed by atoms with E-state index in [4.69, 9.17) is 12.0 Å². The fourth-order valence-electron chi connectivity index (χ4n) is 2.20. The third kappa shape index (κ3) is 2.86.